The second kappa shape index (κ2) is 6.52. The van der Waals surface area contributed by atoms with E-state index in [0.29, 0.717) is 12.4 Å². The van der Waals surface area contributed by atoms with E-state index in [0.717, 1.165) is 5.56 Å². The first kappa shape index (κ1) is 17.2. The van der Waals surface area contributed by atoms with E-state index in [2.05, 4.69) is 37.6 Å². The van der Waals surface area contributed by atoms with Gasteiger partial charge in [0.15, 0.2) is 0 Å². The molecule has 2 aromatic rings. The fourth-order valence-corrected chi connectivity index (χ4v) is 2.01. The molecule has 0 saturated carbocycles. The molecule has 0 saturated heterocycles. The average Bonchev–Trinajstić information content (AvgIpc) is 2.44. The summed E-state index contributed by atoms with van der Waals surface area (Å²) in [6.07, 6.45) is -4.68. The lowest BCUT2D eigenvalue weighted by atomic mass is 9.87. The summed E-state index contributed by atoms with van der Waals surface area (Å²) in [5.41, 5.74) is 2.32. The maximum atomic E-state index is 12.1. The van der Waals surface area contributed by atoms with Crippen LogP contribution >= 0.6 is 0 Å². The van der Waals surface area contributed by atoms with E-state index >= 15 is 0 Å². The first-order valence-electron chi connectivity index (χ1n) is 7.21. The lowest BCUT2D eigenvalue weighted by Crippen LogP contribution is -2.16. The minimum Gasteiger partial charge on any atom is -0.489 e. The van der Waals surface area contributed by atoms with E-state index in [1.54, 1.807) is 0 Å². The number of rotatable bonds is 4. The van der Waals surface area contributed by atoms with Crippen LogP contribution in [0.4, 0.5) is 13.2 Å². The molecule has 2 nitrogen and oxygen atoms in total. The standard InChI is InChI=1S/C18H19F3O2/c1-17(2,3)14-6-4-13(5-7-14)12-22-15-8-10-16(11-9-15)23-18(19,20)21/h4-11H,12H2,1-3H3. The van der Waals surface area contributed by atoms with E-state index < -0.39 is 6.36 Å². The molecule has 0 aliphatic carbocycles. The van der Waals surface area contributed by atoms with Crippen LogP contribution in [-0.4, -0.2) is 6.36 Å². The van der Waals surface area contributed by atoms with Crippen LogP contribution in [0.1, 0.15) is 31.9 Å². The Labute approximate surface area is 133 Å². The molecular weight excluding hydrogens is 305 g/mol. The maximum absolute atomic E-state index is 12.1. The van der Waals surface area contributed by atoms with Gasteiger partial charge < -0.3 is 9.47 Å². The molecule has 0 fully saturated rings. The van der Waals surface area contributed by atoms with Crippen molar-refractivity contribution in [3.8, 4) is 11.5 Å². The molecule has 2 rings (SSSR count). The highest BCUT2D eigenvalue weighted by molar-refractivity contribution is 5.32. The van der Waals surface area contributed by atoms with Crippen molar-refractivity contribution in [1.82, 2.24) is 0 Å². The van der Waals surface area contributed by atoms with Crippen LogP contribution in [0, 0.1) is 0 Å². The number of hydrogen-bond acceptors (Lipinski definition) is 2. The predicted molar refractivity (Wildman–Crippen MR) is 82.6 cm³/mol. The average molecular weight is 324 g/mol. The summed E-state index contributed by atoms with van der Waals surface area (Å²) < 4.78 is 45.6. The topological polar surface area (TPSA) is 18.5 Å². The maximum Gasteiger partial charge on any atom is 0.573 e. The van der Waals surface area contributed by atoms with Crippen molar-refractivity contribution in [1.29, 1.82) is 0 Å². The number of halogens is 3. The minimum atomic E-state index is -4.68. The number of hydrogen-bond donors (Lipinski definition) is 0. The Morgan fingerprint density at radius 3 is 1.78 bits per heavy atom. The monoisotopic (exact) mass is 324 g/mol. The van der Waals surface area contributed by atoms with Crippen molar-refractivity contribution in [2.24, 2.45) is 0 Å². The Bertz CT molecular complexity index is 623. The van der Waals surface area contributed by atoms with Gasteiger partial charge in [0.1, 0.15) is 18.1 Å². The Kier molecular flexibility index (Phi) is 4.88. The van der Waals surface area contributed by atoms with Gasteiger partial charge in [-0.25, -0.2) is 0 Å². The molecule has 0 aliphatic heterocycles. The molecule has 0 aliphatic rings. The van der Waals surface area contributed by atoms with Gasteiger partial charge in [-0.1, -0.05) is 45.0 Å². The van der Waals surface area contributed by atoms with Crippen molar-refractivity contribution in [2.45, 2.75) is 39.2 Å². The molecule has 2 aromatic carbocycles. The Hall–Kier alpha value is -2.17. The molecule has 0 atom stereocenters. The van der Waals surface area contributed by atoms with Crippen molar-refractivity contribution >= 4 is 0 Å². The summed E-state index contributed by atoms with van der Waals surface area (Å²) in [5, 5.41) is 0. The van der Waals surface area contributed by atoms with Gasteiger partial charge in [0.2, 0.25) is 0 Å². The molecule has 124 valence electrons. The molecule has 23 heavy (non-hydrogen) atoms. The van der Waals surface area contributed by atoms with Gasteiger partial charge in [-0.15, -0.1) is 13.2 Å². The predicted octanol–water partition coefficient (Wildman–Crippen LogP) is 5.46. The third-order valence-corrected chi connectivity index (χ3v) is 3.28. The lowest BCUT2D eigenvalue weighted by Gasteiger charge is -2.19. The van der Waals surface area contributed by atoms with E-state index in [1.165, 1.54) is 29.8 Å². The molecular formula is C18H19F3O2. The van der Waals surface area contributed by atoms with Gasteiger partial charge >= 0.3 is 6.36 Å². The molecule has 0 N–H and O–H groups in total. The first-order chi connectivity index (χ1) is 10.6. The molecule has 0 bridgehead atoms. The minimum absolute atomic E-state index is 0.0910. The second-order valence-corrected chi connectivity index (χ2v) is 6.25. The van der Waals surface area contributed by atoms with E-state index in [1.807, 2.05) is 12.1 Å². The molecule has 0 unspecified atom stereocenters. The Balaban J connectivity index is 1.93. The summed E-state index contributed by atoms with van der Waals surface area (Å²) in [4.78, 5) is 0. The summed E-state index contributed by atoms with van der Waals surface area (Å²) in [7, 11) is 0. The highest BCUT2D eigenvalue weighted by atomic mass is 19.4. The van der Waals surface area contributed by atoms with Crippen LogP contribution in [-0.2, 0) is 12.0 Å². The quantitative estimate of drug-likeness (QED) is 0.743. The molecule has 5 heteroatoms. The van der Waals surface area contributed by atoms with Gasteiger partial charge in [0, 0.05) is 0 Å². The molecule has 0 amide bonds. The lowest BCUT2D eigenvalue weighted by molar-refractivity contribution is -0.274. The Morgan fingerprint density at radius 1 is 0.783 bits per heavy atom. The molecule has 0 radical (unpaired) electrons. The first-order valence-corrected chi connectivity index (χ1v) is 7.21. The van der Waals surface area contributed by atoms with Crippen LogP contribution < -0.4 is 9.47 Å². The molecule has 0 heterocycles. The van der Waals surface area contributed by atoms with Gasteiger partial charge in [0.25, 0.3) is 0 Å². The van der Waals surface area contributed by atoms with Crippen molar-refractivity contribution in [2.75, 3.05) is 0 Å². The van der Waals surface area contributed by atoms with Gasteiger partial charge in [-0.2, -0.15) is 0 Å². The third-order valence-electron chi connectivity index (χ3n) is 3.28. The largest absolute Gasteiger partial charge is 0.573 e. The fourth-order valence-electron chi connectivity index (χ4n) is 2.01. The van der Waals surface area contributed by atoms with Gasteiger partial charge in [-0.3, -0.25) is 0 Å². The molecule has 0 aromatic heterocycles. The van der Waals surface area contributed by atoms with Crippen LogP contribution in [0.5, 0.6) is 11.5 Å². The van der Waals surface area contributed by atoms with E-state index in [4.69, 9.17) is 4.74 Å². The van der Waals surface area contributed by atoms with E-state index in [-0.39, 0.29) is 11.2 Å². The zero-order chi connectivity index (χ0) is 17.1. The second-order valence-electron chi connectivity index (χ2n) is 6.25. The van der Waals surface area contributed by atoms with Crippen LogP contribution in [0.2, 0.25) is 0 Å². The van der Waals surface area contributed by atoms with Crippen LogP contribution in [0.15, 0.2) is 48.5 Å². The highest BCUT2D eigenvalue weighted by Crippen LogP contribution is 2.25. The summed E-state index contributed by atoms with van der Waals surface area (Å²) in [6, 6.07) is 13.4. The van der Waals surface area contributed by atoms with Gasteiger partial charge in [0.05, 0.1) is 0 Å². The number of benzene rings is 2. The Morgan fingerprint density at radius 2 is 1.30 bits per heavy atom. The number of ether oxygens (including phenoxy) is 2. The van der Waals surface area contributed by atoms with Crippen molar-refractivity contribution in [3.05, 3.63) is 59.7 Å². The SMILES string of the molecule is CC(C)(C)c1ccc(COc2ccc(OC(F)(F)F)cc2)cc1. The zero-order valence-corrected chi connectivity index (χ0v) is 13.3. The van der Waals surface area contributed by atoms with Crippen molar-refractivity contribution < 1.29 is 22.6 Å². The van der Waals surface area contributed by atoms with E-state index in [9.17, 15) is 13.2 Å². The molecule has 0 spiro atoms. The fraction of sp³-hybridized carbons (Fsp3) is 0.333. The van der Waals surface area contributed by atoms with Crippen molar-refractivity contribution in [3.63, 3.8) is 0 Å². The summed E-state index contributed by atoms with van der Waals surface area (Å²) in [6.45, 7) is 6.78. The van der Waals surface area contributed by atoms with Crippen LogP contribution in [0.3, 0.4) is 0 Å². The third kappa shape index (κ3) is 5.51. The smallest absolute Gasteiger partial charge is 0.489 e. The normalized spacial score (nSPS) is 12.1. The summed E-state index contributed by atoms with van der Waals surface area (Å²) >= 11 is 0. The summed E-state index contributed by atoms with van der Waals surface area (Å²) in [5.74, 6) is 0.221. The van der Waals surface area contributed by atoms with Crippen LogP contribution in [0.25, 0.3) is 0 Å². The van der Waals surface area contributed by atoms with Gasteiger partial charge in [-0.05, 0) is 40.8 Å². The number of alkyl halides is 3. The zero-order valence-electron chi connectivity index (χ0n) is 13.3. The highest BCUT2D eigenvalue weighted by Gasteiger charge is 2.30.